The van der Waals surface area contributed by atoms with E-state index in [0.29, 0.717) is 5.57 Å². The van der Waals surface area contributed by atoms with E-state index in [1.807, 2.05) is 38.1 Å². The molecule has 0 bridgehead atoms. The molecule has 0 spiro atoms. The van der Waals surface area contributed by atoms with E-state index in [0.717, 1.165) is 37.2 Å². The summed E-state index contributed by atoms with van der Waals surface area (Å²) in [4.78, 5) is 2.47. The maximum Gasteiger partial charge on any atom is 0.172 e. The van der Waals surface area contributed by atoms with Crippen molar-refractivity contribution in [1.29, 1.82) is 15.8 Å². The number of ether oxygens (including phenoxy) is 2. The van der Waals surface area contributed by atoms with Crippen LogP contribution >= 0.6 is 0 Å². The van der Waals surface area contributed by atoms with Gasteiger partial charge in [0.25, 0.3) is 0 Å². The van der Waals surface area contributed by atoms with Crippen LogP contribution in [0.25, 0.3) is 6.08 Å². The van der Waals surface area contributed by atoms with E-state index in [1.54, 1.807) is 7.11 Å². The predicted octanol–water partition coefficient (Wildman–Crippen LogP) is 9.27. The molecule has 1 aromatic rings. The van der Waals surface area contributed by atoms with Crippen LogP contribution < -0.4 is 9.64 Å². The van der Waals surface area contributed by atoms with E-state index in [1.165, 1.54) is 42.5 Å². The van der Waals surface area contributed by atoms with Crippen molar-refractivity contribution in [3.05, 3.63) is 87.8 Å². The maximum absolute atomic E-state index is 9.81. The minimum absolute atomic E-state index is 0.0546. The highest BCUT2D eigenvalue weighted by atomic mass is 16.5. The van der Waals surface area contributed by atoms with Crippen molar-refractivity contribution in [2.75, 3.05) is 25.1 Å². The average Bonchev–Trinajstić information content (AvgIpc) is 3.25. The molecule has 230 valence electrons. The van der Waals surface area contributed by atoms with E-state index in [4.69, 9.17) is 9.47 Å². The molecule has 0 fully saturated rings. The van der Waals surface area contributed by atoms with Gasteiger partial charge in [0.15, 0.2) is 11.3 Å². The molecule has 6 nitrogen and oxygen atoms in total. The number of unbranched alkanes of at least 4 members (excludes halogenated alkanes) is 2. The number of nitrogens with zero attached hydrogens (tertiary/aromatic N) is 4. The van der Waals surface area contributed by atoms with Crippen molar-refractivity contribution in [1.82, 2.24) is 0 Å². The second-order valence-corrected chi connectivity index (χ2v) is 12.7. The lowest BCUT2D eigenvalue weighted by Crippen LogP contribution is -2.25. The number of hydrogen-bond donors (Lipinski definition) is 0. The number of benzene rings is 1. The van der Waals surface area contributed by atoms with Gasteiger partial charge in [0.05, 0.1) is 7.11 Å². The summed E-state index contributed by atoms with van der Waals surface area (Å²) >= 11 is 0. The Hall–Kier alpha value is -4.47. The molecule has 0 atom stereocenters. The van der Waals surface area contributed by atoms with Gasteiger partial charge in [-0.15, -0.1) is 0 Å². The molecule has 0 aromatic heterocycles. The lowest BCUT2D eigenvalue weighted by Gasteiger charge is -2.30. The molecule has 1 heterocycles. The fourth-order valence-electron chi connectivity index (χ4n) is 5.77. The number of anilines is 1. The van der Waals surface area contributed by atoms with Gasteiger partial charge in [-0.05, 0) is 68.2 Å². The van der Waals surface area contributed by atoms with E-state index in [-0.39, 0.29) is 22.3 Å². The molecule has 0 radical (unpaired) electrons. The Labute approximate surface area is 264 Å². The number of allylic oxidation sites excluding steroid dienone is 8. The Morgan fingerprint density at radius 1 is 0.977 bits per heavy atom. The second-order valence-electron chi connectivity index (χ2n) is 12.7. The number of nitriles is 3. The first-order valence-corrected chi connectivity index (χ1v) is 15.6. The van der Waals surface area contributed by atoms with Gasteiger partial charge in [-0.25, -0.2) is 0 Å². The predicted molar refractivity (Wildman–Crippen MR) is 178 cm³/mol. The van der Waals surface area contributed by atoms with Gasteiger partial charge < -0.3 is 14.4 Å². The molecule has 0 unspecified atom stereocenters. The maximum atomic E-state index is 9.81. The fraction of sp³-hybridized carbons (Fsp3) is 0.447. The standard InChI is InChI=1S/C38H46N4O2/c1-8-10-19-42(20-11-9-2)32-18-17-30(35(22-32)43-7)16-15-29-21-28(23-37(3,4)24-29)13-12-14-34-33(27-41)36(31(25-39)26-40)44-38(34,5)6/h12-18,21-22H,8-11,19-20,23-24H2,1-7H3/b14-12+,16-15+,28-13-. The Bertz CT molecular complexity index is 1500. The zero-order valence-electron chi connectivity index (χ0n) is 27.5. The quantitative estimate of drug-likeness (QED) is 0.225. The van der Waals surface area contributed by atoms with Crippen molar-refractivity contribution in [2.24, 2.45) is 5.41 Å². The fourth-order valence-corrected chi connectivity index (χ4v) is 5.77. The van der Waals surface area contributed by atoms with Crippen LogP contribution in [-0.4, -0.2) is 25.8 Å². The third-order valence-electron chi connectivity index (χ3n) is 8.00. The van der Waals surface area contributed by atoms with Crippen LogP contribution in [-0.2, 0) is 4.74 Å². The zero-order chi connectivity index (χ0) is 32.3. The summed E-state index contributed by atoms with van der Waals surface area (Å²) in [5, 5.41) is 28.5. The van der Waals surface area contributed by atoms with Crippen LogP contribution in [0.15, 0.2) is 82.2 Å². The van der Waals surface area contributed by atoms with Crippen LogP contribution in [0.4, 0.5) is 5.69 Å². The minimum atomic E-state index is -0.832. The smallest absolute Gasteiger partial charge is 0.172 e. The molecule has 1 aliphatic carbocycles. The molecule has 0 amide bonds. The molecule has 1 aliphatic heterocycles. The first-order valence-electron chi connectivity index (χ1n) is 15.6. The zero-order valence-corrected chi connectivity index (χ0v) is 27.5. The Kier molecular flexibility index (Phi) is 11.8. The third kappa shape index (κ3) is 8.55. The lowest BCUT2D eigenvalue weighted by atomic mass is 9.75. The van der Waals surface area contributed by atoms with Crippen molar-refractivity contribution >= 4 is 11.8 Å². The van der Waals surface area contributed by atoms with Gasteiger partial charge in [0, 0.05) is 36.0 Å². The third-order valence-corrected chi connectivity index (χ3v) is 8.00. The molecule has 44 heavy (non-hydrogen) atoms. The number of rotatable bonds is 12. The molecular formula is C38H46N4O2. The van der Waals surface area contributed by atoms with Crippen LogP contribution in [0.3, 0.4) is 0 Å². The SMILES string of the molecule is CCCCN(CCCC)c1ccc(/C=C/C2=CC(=C/C=C/C3=C(C#N)C(=C(C#N)C#N)OC3(C)C)/CC(C)(C)C2)c(OC)c1. The van der Waals surface area contributed by atoms with Gasteiger partial charge >= 0.3 is 0 Å². The van der Waals surface area contributed by atoms with Crippen molar-refractivity contribution in [3.8, 4) is 24.0 Å². The Balaban J connectivity index is 1.90. The molecule has 3 rings (SSSR count). The lowest BCUT2D eigenvalue weighted by molar-refractivity contribution is 0.0954. The van der Waals surface area contributed by atoms with E-state index in [9.17, 15) is 15.8 Å². The summed E-state index contributed by atoms with van der Waals surface area (Å²) < 4.78 is 11.7. The molecular weight excluding hydrogens is 544 g/mol. The van der Waals surface area contributed by atoms with Crippen molar-refractivity contribution < 1.29 is 9.47 Å². The van der Waals surface area contributed by atoms with Crippen LogP contribution in [0.5, 0.6) is 5.75 Å². The van der Waals surface area contributed by atoms with Crippen LogP contribution in [0.1, 0.15) is 85.6 Å². The first-order chi connectivity index (χ1) is 21.0. The topological polar surface area (TPSA) is 93.1 Å². The molecule has 0 saturated carbocycles. The molecule has 0 saturated heterocycles. The van der Waals surface area contributed by atoms with E-state index in [2.05, 4.69) is 81.2 Å². The highest BCUT2D eigenvalue weighted by Gasteiger charge is 2.38. The molecule has 0 N–H and O–H groups in total. The molecule has 1 aromatic carbocycles. The summed E-state index contributed by atoms with van der Waals surface area (Å²) in [7, 11) is 1.74. The summed E-state index contributed by atoms with van der Waals surface area (Å²) in [5.74, 6) is 0.928. The van der Waals surface area contributed by atoms with Gasteiger partial charge in [0.1, 0.15) is 35.1 Å². The van der Waals surface area contributed by atoms with Crippen molar-refractivity contribution in [3.63, 3.8) is 0 Å². The average molecular weight is 591 g/mol. The number of methoxy groups -OCH3 is 1. The minimum Gasteiger partial charge on any atom is -0.496 e. The summed E-state index contributed by atoms with van der Waals surface area (Å²) in [6.07, 6.45) is 19.0. The number of hydrogen-bond acceptors (Lipinski definition) is 6. The molecule has 2 aliphatic rings. The highest BCUT2D eigenvalue weighted by molar-refractivity contribution is 5.65. The van der Waals surface area contributed by atoms with Crippen molar-refractivity contribution in [2.45, 2.75) is 85.7 Å². The molecule has 6 heteroatoms. The van der Waals surface area contributed by atoms with E-state index < -0.39 is 5.60 Å². The van der Waals surface area contributed by atoms with Crippen LogP contribution in [0.2, 0.25) is 0 Å². The summed E-state index contributed by atoms with van der Waals surface area (Å²) in [5.41, 5.74) is 4.61. The Morgan fingerprint density at radius 2 is 1.66 bits per heavy atom. The second kappa shape index (κ2) is 15.3. The summed E-state index contributed by atoms with van der Waals surface area (Å²) in [6.45, 7) is 14.8. The Morgan fingerprint density at radius 3 is 2.25 bits per heavy atom. The first kappa shape index (κ1) is 34.0. The van der Waals surface area contributed by atoms with E-state index >= 15 is 0 Å². The largest absolute Gasteiger partial charge is 0.496 e. The van der Waals surface area contributed by atoms with Gasteiger partial charge in [-0.1, -0.05) is 77.0 Å². The van der Waals surface area contributed by atoms with Crippen LogP contribution in [0, 0.1) is 39.4 Å². The normalized spacial score (nSPS) is 18.1. The van der Waals surface area contributed by atoms with Gasteiger partial charge in [0.2, 0.25) is 0 Å². The summed E-state index contributed by atoms with van der Waals surface area (Å²) in [6, 6.07) is 12.3. The highest BCUT2D eigenvalue weighted by Crippen LogP contribution is 2.41. The van der Waals surface area contributed by atoms with Gasteiger partial charge in [-0.3, -0.25) is 0 Å². The monoisotopic (exact) mass is 590 g/mol. The van der Waals surface area contributed by atoms with Gasteiger partial charge in [-0.2, -0.15) is 15.8 Å².